The summed E-state index contributed by atoms with van der Waals surface area (Å²) in [4.78, 5) is 30.4. The van der Waals surface area contributed by atoms with Crippen LogP contribution in [0.1, 0.15) is 25.5 Å². The lowest BCUT2D eigenvalue weighted by Gasteiger charge is -2.30. The molecule has 32 heavy (non-hydrogen) atoms. The summed E-state index contributed by atoms with van der Waals surface area (Å²) in [5.74, 6) is 0.844. The second-order valence-corrected chi connectivity index (χ2v) is 10.7. The first-order valence-electron chi connectivity index (χ1n) is 10.4. The Hall–Kier alpha value is -2.98. The van der Waals surface area contributed by atoms with Gasteiger partial charge >= 0.3 is 0 Å². The lowest BCUT2D eigenvalue weighted by Crippen LogP contribution is -2.38. The highest BCUT2D eigenvalue weighted by Crippen LogP contribution is 2.31. The molecular formula is C22H26N4O5S. The molecule has 4 heterocycles. The minimum absolute atomic E-state index is 0.161. The van der Waals surface area contributed by atoms with Crippen LogP contribution in [-0.2, 0) is 28.2 Å². The van der Waals surface area contributed by atoms with Crippen LogP contribution in [0.3, 0.4) is 0 Å². The Balaban J connectivity index is 1.65. The van der Waals surface area contributed by atoms with E-state index in [0.29, 0.717) is 55.0 Å². The number of likely N-dealkylation sites (tertiary alicyclic amines) is 1. The van der Waals surface area contributed by atoms with Crippen LogP contribution in [0.25, 0.3) is 22.1 Å². The number of aryl methyl sites for hydroxylation is 1. The van der Waals surface area contributed by atoms with Crippen LogP contribution in [-0.4, -0.2) is 53.4 Å². The number of piperidine rings is 1. The number of aromatic nitrogens is 2. The van der Waals surface area contributed by atoms with Crippen LogP contribution >= 0.6 is 0 Å². The fourth-order valence-electron chi connectivity index (χ4n) is 4.15. The van der Waals surface area contributed by atoms with Crippen LogP contribution in [0.15, 0.2) is 39.8 Å². The number of amides is 1. The second-order valence-electron chi connectivity index (χ2n) is 8.33. The minimum atomic E-state index is -3.03. The SMILES string of the molecule is CC(=O)Nc1cc(-c2cn(C)c(=O)c3cc(CN4CCC(S(C)(=O)=O)CC4)oc23)ccn1. The number of hydrogen-bond donors (Lipinski definition) is 1. The zero-order valence-electron chi connectivity index (χ0n) is 18.3. The fourth-order valence-corrected chi connectivity index (χ4v) is 5.22. The normalized spacial score (nSPS) is 15.8. The number of sulfone groups is 1. The van der Waals surface area contributed by atoms with Gasteiger partial charge in [-0.05, 0) is 49.7 Å². The predicted octanol–water partition coefficient (Wildman–Crippen LogP) is 2.16. The largest absolute Gasteiger partial charge is 0.459 e. The summed E-state index contributed by atoms with van der Waals surface area (Å²) in [5, 5.41) is 2.85. The summed E-state index contributed by atoms with van der Waals surface area (Å²) in [6.45, 7) is 3.23. The minimum Gasteiger partial charge on any atom is -0.459 e. The van der Waals surface area contributed by atoms with Crippen molar-refractivity contribution >= 4 is 32.5 Å². The summed E-state index contributed by atoms with van der Waals surface area (Å²) < 4.78 is 31.2. The first-order valence-corrected chi connectivity index (χ1v) is 12.3. The standard InChI is InChI=1S/C22H26N4O5S/c1-14(27)24-20-10-15(4-7-23-20)19-13-25(2)22(28)18-11-16(31-21(18)19)12-26-8-5-17(6-9-26)32(3,29)30/h4,7,10-11,13,17H,5-6,8-9,12H2,1-3H3,(H,23,24,27). The van der Waals surface area contributed by atoms with Gasteiger partial charge in [0.15, 0.2) is 0 Å². The number of fused-ring (bicyclic) bond motifs is 1. The number of nitrogens with zero attached hydrogens (tertiary/aromatic N) is 3. The molecule has 0 radical (unpaired) electrons. The number of carbonyl (C=O) groups is 1. The van der Waals surface area contributed by atoms with Crippen molar-refractivity contribution in [3.63, 3.8) is 0 Å². The van der Waals surface area contributed by atoms with E-state index in [1.807, 2.05) is 0 Å². The van der Waals surface area contributed by atoms with Crippen LogP contribution in [0.5, 0.6) is 0 Å². The highest BCUT2D eigenvalue weighted by Gasteiger charge is 2.27. The second kappa shape index (κ2) is 8.51. The van der Waals surface area contributed by atoms with Gasteiger partial charge < -0.3 is 14.3 Å². The maximum Gasteiger partial charge on any atom is 0.261 e. The quantitative estimate of drug-likeness (QED) is 0.623. The molecule has 10 heteroatoms. The molecule has 1 saturated heterocycles. The molecule has 0 saturated carbocycles. The third-order valence-corrected chi connectivity index (χ3v) is 7.48. The lowest BCUT2D eigenvalue weighted by molar-refractivity contribution is -0.114. The molecule has 0 atom stereocenters. The van der Waals surface area contributed by atoms with Gasteiger partial charge in [0, 0.05) is 38.2 Å². The molecule has 4 rings (SSSR count). The summed E-state index contributed by atoms with van der Waals surface area (Å²) >= 11 is 0. The Labute approximate surface area is 186 Å². The lowest BCUT2D eigenvalue weighted by atomic mass is 10.1. The van der Waals surface area contributed by atoms with Crippen LogP contribution in [0.4, 0.5) is 5.82 Å². The average Bonchev–Trinajstić information content (AvgIpc) is 3.14. The average molecular weight is 459 g/mol. The Morgan fingerprint density at radius 1 is 1.28 bits per heavy atom. The number of anilines is 1. The Kier molecular flexibility index (Phi) is 5.91. The van der Waals surface area contributed by atoms with Gasteiger partial charge in [0.1, 0.15) is 27.0 Å². The molecule has 0 unspecified atom stereocenters. The van der Waals surface area contributed by atoms with E-state index in [-0.39, 0.29) is 16.7 Å². The molecular weight excluding hydrogens is 432 g/mol. The van der Waals surface area contributed by atoms with E-state index in [2.05, 4.69) is 15.2 Å². The van der Waals surface area contributed by atoms with Gasteiger partial charge in [-0.3, -0.25) is 14.5 Å². The van der Waals surface area contributed by atoms with Crippen LogP contribution < -0.4 is 10.9 Å². The number of nitrogens with one attached hydrogen (secondary N) is 1. The van der Waals surface area contributed by atoms with Gasteiger partial charge in [-0.1, -0.05) is 0 Å². The number of rotatable bonds is 5. The van der Waals surface area contributed by atoms with Crippen molar-refractivity contribution in [1.82, 2.24) is 14.5 Å². The molecule has 1 N–H and O–H groups in total. The summed E-state index contributed by atoms with van der Waals surface area (Å²) in [7, 11) is -1.34. The monoisotopic (exact) mass is 458 g/mol. The van der Waals surface area contributed by atoms with Crippen molar-refractivity contribution in [1.29, 1.82) is 0 Å². The Morgan fingerprint density at radius 3 is 2.66 bits per heavy atom. The number of pyridine rings is 2. The van der Waals surface area contributed by atoms with Gasteiger partial charge in [0.05, 0.1) is 17.2 Å². The molecule has 0 aromatic carbocycles. The summed E-state index contributed by atoms with van der Waals surface area (Å²) in [6.07, 6.45) is 5.78. The van der Waals surface area contributed by atoms with Gasteiger partial charge in [-0.15, -0.1) is 0 Å². The Bertz CT molecular complexity index is 1330. The van der Waals surface area contributed by atoms with Crippen molar-refractivity contribution in [3.8, 4) is 11.1 Å². The highest BCUT2D eigenvalue weighted by molar-refractivity contribution is 7.91. The molecule has 0 aliphatic carbocycles. The number of furan rings is 1. The molecule has 9 nitrogen and oxygen atoms in total. The zero-order valence-corrected chi connectivity index (χ0v) is 19.1. The van der Waals surface area contributed by atoms with Gasteiger partial charge in [0.25, 0.3) is 5.56 Å². The topological polar surface area (TPSA) is 115 Å². The van der Waals surface area contributed by atoms with Crippen molar-refractivity contribution < 1.29 is 17.6 Å². The third-order valence-electron chi connectivity index (χ3n) is 5.80. The first-order chi connectivity index (χ1) is 15.1. The van der Waals surface area contributed by atoms with E-state index >= 15 is 0 Å². The van der Waals surface area contributed by atoms with E-state index in [1.165, 1.54) is 17.7 Å². The molecule has 170 valence electrons. The smallest absolute Gasteiger partial charge is 0.261 e. The van der Waals surface area contributed by atoms with Gasteiger partial charge in [-0.25, -0.2) is 13.4 Å². The Morgan fingerprint density at radius 2 is 2.00 bits per heavy atom. The van der Waals surface area contributed by atoms with Crippen LogP contribution in [0, 0.1) is 0 Å². The number of hydrogen-bond acceptors (Lipinski definition) is 7. The molecule has 3 aromatic heterocycles. The van der Waals surface area contributed by atoms with E-state index in [4.69, 9.17) is 4.42 Å². The van der Waals surface area contributed by atoms with E-state index in [1.54, 1.807) is 37.6 Å². The van der Waals surface area contributed by atoms with E-state index in [9.17, 15) is 18.0 Å². The molecule has 0 spiro atoms. The molecule has 3 aromatic rings. The number of carbonyl (C=O) groups excluding carboxylic acids is 1. The molecule has 1 amide bonds. The van der Waals surface area contributed by atoms with E-state index in [0.717, 1.165) is 11.1 Å². The highest BCUT2D eigenvalue weighted by atomic mass is 32.2. The van der Waals surface area contributed by atoms with E-state index < -0.39 is 9.84 Å². The molecule has 0 bridgehead atoms. The van der Waals surface area contributed by atoms with Crippen molar-refractivity contribution in [3.05, 3.63) is 46.7 Å². The van der Waals surface area contributed by atoms with Crippen molar-refractivity contribution in [2.24, 2.45) is 7.05 Å². The van der Waals surface area contributed by atoms with Crippen LogP contribution in [0.2, 0.25) is 0 Å². The van der Waals surface area contributed by atoms with Gasteiger partial charge in [-0.2, -0.15) is 0 Å². The van der Waals surface area contributed by atoms with Crippen molar-refractivity contribution in [2.45, 2.75) is 31.6 Å². The maximum atomic E-state index is 12.7. The summed E-state index contributed by atoms with van der Waals surface area (Å²) in [5.41, 5.74) is 1.80. The molecule has 1 aliphatic rings. The maximum absolute atomic E-state index is 12.7. The molecule has 1 fully saturated rings. The predicted molar refractivity (Wildman–Crippen MR) is 122 cm³/mol. The van der Waals surface area contributed by atoms with Gasteiger partial charge in [0.2, 0.25) is 5.91 Å². The first kappa shape index (κ1) is 22.2. The third kappa shape index (κ3) is 4.61. The molecule has 1 aliphatic heterocycles. The zero-order chi connectivity index (χ0) is 23.0. The van der Waals surface area contributed by atoms with Crippen molar-refractivity contribution in [2.75, 3.05) is 24.7 Å². The fraction of sp³-hybridized carbons (Fsp3) is 0.409. The summed E-state index contributed by atoms with van der Waals surface area (Å²) in [6, 6.07) is 5.29.